The Balaban J connectivity index is 1.95. The number of amides is 1. The minimum Gasteiger partial charge on any atom is -0.497 e. The second-order valence-corrected chi connectivity index (χ2v) is 7.44. The van der Waals surface area contributed by atoms with Crippen molar-refractivity contribution in [3.8, 4) is 22.6 Å². The van der Waals surface area contributed by atoms with Crippen LogP contribution >= 0.6 is 0 Å². The van der Waals surface area contributed by atoms with Gasteiger partial charge in [-0.2, -0.15) is 5.10 Å². The van der Waals surface area contributed by atoms with Gasteiger partial charge in [-0.3, -0.25) is 9.59 Å². The van der Waals surface area contributed by atoms with Crippen LogP contribution in [0.15, 0.2) is 83.7 Å². The molecule has 32 heavy (non-hydrogen) atoms. The number of rotatable bonds is 5. The van der Waals surface area contributed by atoms with Crippen molar-refractivity contribution in [1.82, 2.24) is 9.78 Å². The summed E-state index contributed by atoms with van der Waals surface area (Å²) >= 11 is 0. The molecule has 4 aromatic rings. The highest BCUT2D eigenvalue weighted by atomic mass is 16.5. The van der Waals surface area contributed by atoms with Gasteiger partial charge in [0, 0.05) is 5.56 Å². The quantitative estimate of drug-likeness (QED) is 0.500. The van der Waals surface area contributed by atoms with E-state index in [2.05, 4.69) is 10.4 Å². The van der Waals surface area contributed by atoms with Crippen molar-refractivity contribution in [1.29, 1.82) is 0 Å². The maximum Gasteiger partial charge on any atom is 0.256 e. The third kappa shape index (κ3) is 4.16. The first kappa shape index (κ1) is 21.1. The highest BCUT2D eigenvalue weighted by Crippen LogP contribution is 2.29. The van der Waals surface area contributed by atoms with E-state index >= 15 is 0 Å². The van der Waals surface area contributed by atoms with E-state index in [0.29, 0.717) is 34.0 Å². The number of ether oxygens (including phenoxy) is 1. The summed E-state index contributed by atoms with van der Waals surface area (Å²) in [4.78, 5) is 26.4. The number of hydrogen-bond donors (Lipinski definition) is 1. The fraction of sp³-hybridized carbons (Fsp3) is 0.115. The van der Waals surface area contributed by atoms with Gasteiger partial charge in [0.15, 0.2) is 0 Å². The lowest BCUT2D eigenvalue weighted by Gasteiger charge is -2.18. The molecule has 1 N–H and O–H groups in total. The lowest BCUT2D eigenvalue weighted by molar-refractivity contribution is 0.102. The van der Waals surface area contributed by atoms with Crippen LogP contribution in [0.1, 0.15) is 21.6 Å². The average Bonchev–Trinajstić information content (AvgIpc) is 2.82. The lowest BCUT2D eigenvalue weighted by atomic mass is 10.0. The Morgan fingerprint density at radius 2 is 1.66 bits per heavy atom. The Labute approximate surface area is 186 Å². The summed E-state index contributed by atoms with van der Waals surface area (Å²) in [5, 5.41) is 7.43. The van der Waals surface area contributed by atoms with Crippen molar-refractivity contribution in [2.24, 2.45) is 0 Å². The minimum absolute atomic E-state index is 0.260. The van der Waals surface area contributed by atoms with Crippen LogP contribution < -0.4 is 15.5 Å². The Hall–Kier alpha value is -4.19. The van der Waals surface area contributed by atoms with Gasteiger partial charge >= 0.3 is 0 Å². The minimum atomic E-state index is -0.330. The Bertz CT molecular complexity index is 1330. The van der Waals surface area contributed by atoms with Gasteiger partial charge in [-0.05, 0) is 55.8 Å². The van der Waals surface area contributed by atoms with Gasteiger partial charge in [0.25, 0.3) is 5.91 Å². The molecule has 6 nitrogen and oxygen atoms in total. The maximum absolute atomic E-state index is 13.3. The van der Waals surface area contributed by atoms with Crippen molar-refractivity contribution >= 4 is 11.7 Å². The number of hydrogen-bond acceptors (Lipinski definition) is 4. The number of para-hydroxylation sites is 1. The molecule has 0 saturated heterocycles. The molecule has 1 amide bonds. The zero-order valence-electron chi connectivity index (χ0n) is 18.1. The first-order valence-electron chi connectivity index (χ1n) is 10.2. The molecule has 160 valence electrons. The molecular formula is C26H23N3O3. The summed E-state index contributed by atoms with van der Waals surface area (Å²) in [5.41, 5.74) is 3.30. The van der Waals surface area contributed by atoms with Gasteiger partial charge < -0.3 is 10.1 Å². The molecule has 6 heteroatoms. The summed E-state index contributed by atoms with van der Waals surface area (Å²) in [6.45, 7) is 3.62. The Kier molecular flexibility index (Phi) is 5.85. The summed E-state index contributed by atoms with van der Waals surface area (Å²) in [6.07, 6.45) is 0. The zero-order chi connectivity index (χ0) is 22.7. The smallest absolute Gasteiger partial charge is 0.256 e. The van der Waals surface area contributed by atoms with Crippen LogP contribution in [-0.2, 0) is 0 Å². The van der Waals surface area contributed by atoms with Crippen LogP contribution in [-0.4, -0.2) is 22.8 Å². The number of methoxy groups -OCH3 is 1. The maximum atomic E-state index is 13.3. The molecule has 0 fully saturated rings. The van der Waals surface area contributed by atoms with E-state index in [0.717, 1.165) is 11.3 Å². The van der Waals surface area contributed by atoms with E-state index in [1.807, 2.05) is 61.5 Å². The number of aromatic nitrogens is 2. The van der Waals surface area contributed by atoms with Crippen LogP contribution in [0.25, 0.3) is 16.8 Å². The summed E-state index contributed by atoms with van der Waals surface area (Å²) in [5.74, 6) is 0.577. The SMILES string of the molecule is COc1cccc(-c2c(NC(=O)c3ccc(C)cc3)n(-c3ccccc3)nc(C)c2=O)c1. The Morgan fingerprint density at radius 3 is 2.34 bits per heavy atom. The van der Waals surface area contributed by atoms with Gasteiger partial charge in [0.1, 0.15) is 17.3 Å². The molecule has 1 aromatic heterocycles. The van der Waals surface area contributed by atoms with E-state index in [4.69, 9.17) is 4.74 Å². The van der Waals surface area contributed by atoms with Crippen LogP contribution in [0.3, 0.4) is 0 Å². The standard InChI is InChI=1S/C26H23N3O3/c1-17-12-14-19(15-13-17)26(31)27-25-23(20-8-7-11-22(16-20)32-3)24(30)18(2)28-29(25)21-9-5-4-6-10-21/h4-16H,1-3H3,(H,27,31). The number of aryl methyl sites for hydroxylation is 2. The number of benzene rings is 3. The van der Waals surface area contributed by atoms with Crippen LogP contribution in [0.5, 0.6) is 5.75 Å². The molecule has 0 spiro atoms. The highest BCUT2D eigenvalue weighted by Gasteiger charge is 2.21. The highest BCUT2D eigenvalue weighted by molar-refractivity contribution is 6.05. The molecule has 0 unspecified atom stereocenters. The van der Waals surface area contributed by atoms with Gasteiger partial charge in [-0.1, -0.05) is 48.0 Å². The Morgan fingerprint density at radius 1 is 0.938 bits per heavy atom. The largest absolute Gasteiger partial charge is 0.497 e. The van der Waals surface area contributed by atoms with Gasteiger partial charge in [-0.15, -0.1) is 0 Å². The molecule has 0 atom stereocenters. The van der Waals surface area contributed by atoms with Crippen molar-refractivity contribution in [3.05, 3.63) is 106 Å². The van der Waals surface area contributed by atoms with Crippen LogP contribution in [0.2, 0.25) is 0 Å². The van der Waals surface area contributed by atoms with E-state index in [-0.39, 0.29) is 11.3 Å². The van der Waals surface area contributed by atoms with E-state index in [9.17, 15) is 9.59 Å². The lowest BCUT2D eigenvalue weighted by Crippen LogP contribution is -2.25. The molecule has 0 aliphatic carbocycles. The van der Waals surface area contributed by atoms with Crippen molar-refractivity contribution in [3.63, 3.8) is 0 Å². The molecule has 1 heterocycles. The normalized spacial score (nSPS) is 10.6. The average molecular weight is 425 g/mol. The zero-order valence-corrected chi connectivity index (χ0v) is 18.1. The third-order valence-electron chi connectivity index (χ3n) is 5.16. The molecular weight excluding hydrogens is 402 g/mol. The first-order valence-corrected chi connectivity index (χ1v) is 10.2. The summed E-state index contributed by atoms with van der Waals surface area (Å²) < 4.78 is 6.95. The van der Waals surface area contributed by atoms with Gasteiger partial charge in [0.2, 0.25) is 5.43 Å². The van der Waals surface area contributed by atoms with Gasteiger partial charge in [-0.25, -0.2) is 4.68 Å². The number of nitrogens with zero attached hydrogens (tertiary/aromatic N) is 2. The summed E-state index contributed by atoms with van der Waals surface area (Å²) in [6, 6.07) is 23.8. The number of anilines is 1. The fourth-order valence-corrected chi connectivity index (χ4v) is 3.44. The monoisotopic (exact) mass is 425 g/mol. The van der Waals surface area contributed by atoms with Crippen LogP contribution in [0.4, 0.5) is 5.82 Å². The summed E-state index contributed by atoms with van der Waals surface area (Å²) in [7, 11) is 1.57. The van der Waals surface area contributed by atoms with Crippen molar-refractivity contribution in [2.45, 2.75) is 13.8 Å². The number of nitrogens with one attached hydrogen (secondary N) is 1. The molecule has 0 saturated carbocycles. The number of carbonyl (C=O) groups excluding carboxylic acids is 1. The fourth-order valence-electron chi connectivity index (χ4n) is 3.44. The van der Waals surface area contributed by atoms with E-state index in [1.54, 1.807) is 43.0 Å². The van der Waals surface area contributed by atoms with E-state index < -0.39 is 0 Å². The molecule has 0 bridgehead atoms. The van der Waals surface area contributed by atoms with Gasteiger partial charge in [0.05, 0.1) is 18.4 Å². The topological polar surface area (TPSA) is 73.2 Å². The number of carbonyl (C=O) groups is 1. The molecule has 0 aliphatic rings. The predicted octanol–water partition coefficient (Wildman–Crippen LogP) is 4.78. The molecule has 4 rings (SSSR count). The second-order valence-electron chi connectivity index (χ2n) is 7.44. The molecule has 0 radical (unpaired) electrons. The molecule has 0 aliphatic heterocycles. The van der Waals surface area contributed by atoms with Crippen molar-refractivity contribution < 1.29 is 9.53 Å². The predicted molar refractivity (Wildman–Crippen MR) is 126 cm³/mol. The third-order valence-corrected chi connectivity index (χ3v) is 5.16. The first-order chi connectivity index (χ1) is 15.5. The van der Waals surface area contributed by atoms with Crippen molar-refractivity contribution in [2.75, 3.05) is 12.4 Å². The molecule has 3 aromatic carbocycles. The van der Waals surface area contributed by atoms with E-state index in [1.165, 1.54) is 0 Å². The van der Waals surface area contributed by atoms with Crippen LogP contribution in [0, 0.1) is 13.8 Å². The second kappa shape index (κ2) is 8.89.